The number of thiophene rings is 1. The molecule has 0 radical (unpaired) electrons. The minimum Gasteiger partial charge on any atom is -0.482 e. The van der Waals surface area contributed by atoms with Crippen molar-refractivity contribution in [2.75, 3.05) is 31.1 Å². The third-order valence-electron chi connectivity index (χ3n) is 6.89. The third kappa shape index (κ3) is 4.61. The molecule has 0 atom stereocenters. The molecular weight excluding hydrogens is 456 g/mol. The van der Waals surface area contributed by atoms with Gasteiger partial charge in [-0.25, -0.2) is 0 Å². The lowest BCUT2D eigenvalue weighted by molar-refractivity contribution is 0.207. The van der Waals surface area contributed by atoms with Crippen LogP contribution in [0.1, 0.15) is 16.0 Å². The molecule has 4 aromatic rings. The summed E-state index contributed by atoms with van der Waals surface area (Å²) in [4.78, 5) is 19.8. The van der Waals surface area contributed by atoms with Gasteiger partial charge in [-0.1, -0.05) is 48.5 Å². The molecule has 0 N–H and O–H groups in total. The fourth-order valence-electron chi connectivity index (χ4n) is 5.06. The van der Waals surface area contributed by atoms with Gasteiger partial charge in [0.2, 0.25) is 5.75 Å². The monoisotopic (exact) mass is 484 g/mol. The maximum absolute atomic E-state index is 13.7. The third-order valence-corrected chi connectivity index (χ3v) is 7.75. The van der Waals surface area contributed by atoms with Crippen molar-refractivity contribution in [3.63, 3.8) is 0 Å². The Balaban J connectivity index is 1.27. The summed E-state index contributed by atoms with van der Waals surface area (Å²) >= 11 is 1.80. The highest BCUT2D eigenvalue weighted by Gasteiger charge is 2.28. The topological polar surface area (TPSA) is 50.6 Å². The lowest BCUT2D eigenvalue weighted by atomic mass is 10.1. The number of piperazine rings is 1. The smallest absolute Gasteiger partial charge is 0.316 e. The molecular formula is C28H28N4O2S. The Morgan fingerprint density at radius 3 is 2.29 bits per heavy atom. The zero-order valence-corrected chi connectivity index (χ0v) is 20.4. The Hall–Kier alpha value is -3.42. The van der Waals surface area contributed by atoms with Gasteiger partial charge < -0.3 is 9.64 Å². The Morgan fingerprint density at radius 1 is 0.886 bits per heavy atom. The Kier molecular flexibility index (Phi) is 6.10. The summed E-state index contributed by atoms with van der Waals surface area (Å²) in [5.41, 5.74) is 3.95. The first-order valence-electron chi connectivity index (χ1n) is 12.2. The largest absolute Gasteiger partial charge is 0.482 e. The highest BCUT2D eigenvalue weighted by molar-refractivity contribution is 7.09. The fraction of sp³-hybridized carbons (Fsp3) is 0.286. The second-order valence-corrected chi connectivity index (χ2v) is 10.2. The molecule has 3 heterocycles. The Morgan fingerprint density at radius 2 is 1.60 bits per heavy atom. The van der Waals surface area contributed by atoms with Crippen molar-refractivity contribution in [2.24, 2.45) is 0 Å². The summed E-state index contributed by atoms with van der Waals surface area (Å²) in [7, 11) is 0. The van der Waals surface area contributed by atoms with E-state index < -0.39 is 0 Å². The number of anilines is 1. The molecule has 2 aromatic heterocycles. The fourth-order valence-corrected chi connectivity index (χ4v) is 5.80. The normalized spacial score (nSPS) is 16.4. The molecule has 178 valence electrons. The standard InChI is InChI=1S/C28H28N4O2S/c33-28-27(34-24-17-21-7-4-5-8-22(21)18-24)26(19-29-32(28)23-9-2-1-3-10-23)31-14-12-30(13-15-31)20-25-11-6-16-35-25/h1-11,16,19,24H,12-15,17-18,20H2. The van der Waals surface area contributed by atoms with Crippen molar-refractivity contribution in [2.45, 2.75) is 25.5 Å². The number of benzene rings is 2. The number of hydrogen-bond acceptors (Lipinski definition) is 6. The minimum absolute atomic E-state index is 0.0504. The molecule has 6 rings (SSSR count). The average Bonchev–Trinajstić information content (AvgIpc) is 3.56. The summed E-state index contributed by atoms with van der Waals surface area (Å²) in [5.74, 6) is 0.411. The summed E-state index contributed by atoms with van der Waals surface area (Å²) < 4.78 is 7.97. The Labute approximate surface area is 209 Å². The first kappa shape index (κ1) is 22.1. The molecule has 0 spiro atoms. The second kappa shape index (κ2) is 9.68. The van der Waals surface area contributed by atoms with E-state index in [0.29, 0.717) is 5.75 Å². The zero-order chi connectivity index (χ0) is 23.6. The van der Waals surface area contributed by atoms with Crippen LogP contribution in [0.2, 0.25) is 0 Å². The van der Waals surface area contributed by atoms with Crippen LogP contribution in [0.15, 0.2) is 83.1 Å². The SMILES string of the molecule is O=c1c(OC2Cc3ccccc3C2)c(N2CCN(Cc3cccs3)CC2)cnn1-c1ccccc1. The van der Waals surface area contributed by atoms with E-state index in [-0.39, 0.29) is 11.7 Å². The number of nitrogens with zero attached hydrogens (tertiary/aromatic N) is 4. The molecule has 0 unspecified atom stereocenters. The quantitative estimate of drug-likeness (QED) is 0.411. The van der Waals surface area contributed by atoms with Gasteiger partial charge >= 0.3 is 5.56 Å². The van der Waals surface area contributed by atoms with Gasteiger partial charge in [-0.3, -0.25) is 9.69 Å². The van der Waals surface area contributed by atoms with Crippen LogP contribution in [0.25, 0.3) is 5.69 Å². The van der Waals surface area contributed by atoms with Crippen LogP contribution in [0.3, 0.4) is 0 Å². The number of rotatable bonds is 6. The molecule has 7 heteroatoms. The van der Waals surface area contributed by atoms with E-state index in [9.17, 15) is 4.79 Å². The van der Waals surface area contributed by atoms with Gasteiger partial charge in [-0.2, -0.15) is 9.78 Å². The van der Waals surface area contributed by atoms with E-state index >= 15 is 0 Å². The van der Waals surface area contributed by atoms with Gasteiger partial charge in [-0.15, -0.1) is 11.3 Å². The van der Waals surface area contributed by atoms with E-state index in [1.807, 2.05) is 30.3 Å². The highest BCUT2D eigenvalue weighted by Crippen LogP contribution is 2.30. The van der Waals surface area contributed by atoms with E-state index in [2.05, 4.69) is 56.7 Å². The lowest BCUT2D eigenvalue weighted by Crippen LogP contribution is -2.46. The molecule has 6 nitrogen and oxygen atoms in total. The van der Waals surface area contributed by atoms with Crippen LogP contribution in [0.4, 0.5) is 5.69 Å². The van der Waals surface area contributed by atoms with Crippen molar-refractivity contribution in [1.29, 1.82) is 0 Å². The first-order chi connectivity index (χ1) is 17.2. The van der Waals surface area contributed by atoms with Gasteiger partial charge in [0.15, 0.2) is 0 Å². The lowest BCUT2D eigenvalue weighted by Gasteiger charge is -2.36. The predicted molar refractivity (Wildman–Crippen MR) is 140 cm³/mol. The molecule has 35 heavy (non-hydrogen) atoms. The summed E-state index contributed by atoms with van der Waals surface area (Å²) in [6.45, 7) is 4.53. The van der Waals surface area contributed by atoms with Gasteiger partial charge in [-0.05, 0) is 34.7 Å². The number of hydrogen-bond donors (Lipinski definition) is 0. The van der Waals surface area contributed by atoms with Crippen LogP contribution in [-0.4, -0.2) is 47.0 Å². The van der Waals surface area contributed by atoms with E-state index in [1.54, 1.807) is 17.5 Å². The maximum Gasteiger partial charge on any atom is 0.316 e. The Bertz CT molecular complexity index is 1320. The molecule has 2 aromatic carbocycles. The predicted octanol–water partition coefficient (Wildman–Crippen LogP) is 4.16. The number of aromatic nitrogens is 2. The maximum atomic E-state index is 13.7. The van der Waals surface area contributed by atoms with Crippen molar-refractivity contribution in [1.82, 2.24) is 14.7 Å². The van der Waals surface area contributed by atoms with Gasteiger partial charge in [0.25, 0.3) is 0 Å². The molecule has 1 aliphatic heterocycles. The molecule has 0 saturated carbocycles. The number of ether oxygens (including phenoxy) is 1. The van der Waals surface area contributed by atoms with Crippen LogP contribution in [0.5, 0.6) is 5.75 Å². The van der Waals surface area contributed by atoms with Gasteiger partial charge in [0, 0.05) is 50.4 Å². The molecule has 0 bridgehead atoms. The first-order valence-corrected chi connectivity index (χ1v) is 13.0. The van der Waals surface area contributed by atoms with Crippen LogP contribution < -0.4 is 15.2 Å². The molecule has 1 saturated heterocycles. The number of fused-ring (bicyclic) bond motifs is 1. The summed E-state index contributed by atoms with van der Waals surface area (Å²) in [5, 5.41) is 6.68. The van der Waals surface area contributed by atoms with E-state index in [4.69, 9.17) is 4.74 Å². The van der Waals surface area contributed by atoms with Crippen molar-refractivity contribution < 1.29 is 4.74 Å². The van der Waals surface area contributed by atoms with Crippen molar-refractivity contribution in [3.05, 3.63) is 105 Å². The average molecular weight is 485 g/mol. The molecule has 1 fully saturated rings. The summed E-state index contributed by atoms with van der Waals surface area (Å²) in [6, 6.07) is 22.3. The van der Waals surface area contributed by atoms with Gasteiger partial charge in [0.1, 0.15) is 11.8 Å². The van der Waals surface area contributed by atoms with Crippen LogP contribution in [-0.2, 0) is 19.4 Å². The number of para-hydroxylation sites is 1. The highest BCUT2D eigenvalue weighted by atomic mass is 32.1. The molecule has 1 aliphatic carbocycles. The molecule has 2 aliphatic rings. The van der Waals surface area contributed by atoms with Crippen LogP contribution in [0, 0.1) is 0 Å². The van der Waals surface area contributed by atoms with Crippen molar-refractivity contribution in [3.8, 4) is 11.4 Å². The van der Waals surface area contributed by atoms with Crippen LogP contribution >= 0.6 is 11.3 Å². The van der Waals surface area contributed by atoms with Gasteiger partial charge in [0.05, 0.1) is 11.9 Å². The summed E-state index contributed by atoms with van der Waals surface area (Å²) in [6.07, 6.45) is 3.39. The van der Waals surface area contributed by atoms with Crippen molar-refractivity contribution >= 4 is 17.0 Å². The zero-order valence-electron chi connectivity index (χ0n) is 19.5. The molecule has 0 amide bonds. The second-order valence-electron chi connectivity index (χ2n) is 9.17. The van der Waals surface area contributed by atoms with E-state index in [1.165, 1.54) is 20.7 Å². The minimum atomic E-state index is -0.203. The van der Waals surface area contributed by atoms with E-state index in [0.717, 1.165) is 56.9 Å².